The molecule has 1 unspecified atom stereocenters. The van der Waals surface area contributed by atoms with Crippen LogP contribution in [0.2, 0.25) is 0 Å². The molecule has 1 aliphatic rings. The van der Waals surface area contributed by atoms with E-state index in [4.69, 9.17) is 14.2 Å². The number of carbonyl (C=O) groups excluding carboxylic acids is 1. The third-order valence-corrected chi connectivity index (χ3v) is 4.16. The van der Waals surface area contributed by atoms with E-state index in [0.717, 1.165) is 29.9 Å². The van der Waals surface area contributed by atoms with Crippen LogP contribution < -0.4 is 20.7 Å². The highest BCUT2D eigenvalue weighted by molar-refractivity contribution is 5.79. The standard InChI is InChI=1S/C21H34N4O4/c1-15-6-7-16(18(12-15)28-17-8-11-27-14-17)13-25-19(22-5)23-9-10-24-20(26)29-21(2,3)4/h6-7,12,17H,8-11,13-14H2,1-5H3,(H,24,26)(H2,22,23,25). The van der Waals surface area contributed by atoms with Gasteiger partial charge in [-0.2, -0.15) is 0 Å². The van der Waals surface area contributed by atoms with Crippen LogP contribution in [-0.2, 0) is 16.0 Å². The number of rotatable bonds is 7. The molecule has 0 aromatic heterocycles. The SMILES string of the molecule is CN=C(NCCNC(=O)OC(C)(C)C)NCc1ccc(C)cc1OC1CCOC1. The average molecular weight is 407 g/mol. The molecule has 29 heavy (non-hydrogen) atoms. The van der Waals surface area contributed by atoms with Crippen LogP contribution in [0.25, 0.3) is 0 Å². The summed E-state index contributed by atoms with van der Waals surface area (Å²) in [6.07, 6.45) is 0.584. The zero-order valence-electron chi connectivity index (χ0n) is 18.1. The Bertz CT molecular complexity index is 694. The number of ether oxygens (including phenoxy) is 3. The summed E-state index contributed by atoms with van der Waals surface area (Å²) in [6.45, 7) is 10.5. The second kappa shape index (κ2) is 10.9. The van der Waals surface area contributed by atoms with E-state index >= 15 is 0 Å². The Morgan fingerprint density at radius 2 is 2.00 bits per heavy atom. The van der Waals surface area contributed by atoms with E-state index in [9.17, 15) is 4.79 Å². The summed E-state index contributed by atoms with van der Waals surface area (Å²) in [5.74, 6) is 1.52. The summed E-state index contributed by atoms with van der Waals surface area (Å²) >= 11 is 0. The number of carbonyl (C=O) groups is 1. The molecule has 1 aromatic rings. The minimum Gasteiger partial charge on any atom is -0.488 e. The van der Waals surface area contributed by atoms with E-state index in [-0.39, 0.29) is 6.10 Å². The van der Waals surface area contributed by atoms with Crippen LogP contribution in [0.3, 0.4) is 0 Å². The second-order valence-corrected chi connectivity index (χ2v) is 8.00. The van der Waals surface area contributed by atoms with Crippen LogP contribution in [0.5, 0.6) is 5.75 Å². The molecule has 0 saturated carbocycles. The van der Waals surface area contributed by atoms with Gasteiger partial charge in [0.25, 0.3) is 0 Å². The first-order valence-electron chi connectivity index (χ1n) is 10.0. The Morgan fingerprint density at radius 3 is 2.66 bits per heavy atom. The number of amides is 1. The number of hydrogen-bond acceptors (Lipinski definition) is 5. The predicted octanol–water partition coefficient (Wildman–Crippen LogP) is 2.35. The van der Waals surface area contributed by atoms with Crippen LogP contribution in [0.15, 0.2) is 23.2 Å². The molecule has 1 saturated heterocycles. The van der Waals surface area contributed by atoms with E-state index in [2.05, 4.69) is 39.1 Å². The Balaban J connectivity index is 1.79. The van der Waals surface area contributed by atoms with Crippen molar-refractivity contribution in [2.75, 3.05) is 33.4 Å². The van der Waals surface area contributed by atoms with Crippen molar-refractivity contribution in [3.63, 3.8) is 0 Å². The van der Waals surface area contributed by atoms with Crippen molar-refractivity contribution < 1.29 is 19.0 Å². The fourth-order valence-electron chi connectivity index (χ4n) is 2.76. The Hall–Kier alpha value is -2.48. The van der Waals surface area contributed by atoms with Gasteiger partial charge in [0.1, 0.15) is 17.5 Å². The Kier molecular flexibility index (Phi) is 8.57. The van der Waals surface area contributed by atoms with Gasteiger partial charge in [0.15, 0.2) is 5.96 Å². The maximum atomic E-state index is 11.7. The first kappa shape index (κ1) is 22.8. The summed E-state index contributed by atoms with van der Waals surface area (Å²) in [5.41, 5.74) is 1.70. The molecule has 0 bridgehead atoms. The minimum absolute atomic E-state index is 0.104. The van der Waals surface area contributed by atoms with Crippen LogP contribution in [-0.4, -0.2) is 57.1 Å². The molecule has 0 aliphatic carbocycles. The van der Waals surface area contributed by atoms with Crippen molar-refractivity contribution in [2.45, 2.75) is 52.4 Å². The molecule has 1 aromatic carbocycles. The molecule has 1 heterocycles. The highest BCUT2D eigenvalue weighted by atomic mass is 16.6. The zero-order valence-corrected chi connectivity index (χ0v) is 18.1. The van der Waals surface area contributed by atoms with E-state index in [1.807, 2.05) is 27.7 Å². The smallest absolute Gasteiger partial charge is 0.407 e. The zero-order chi connectivity index (χ0) is 21.3. The number of nitrogens with zero attached hydrogens (tertiary/aromatic N) is 1. The van der Waals surface area contributed by atoms with Crippen LogP contribution in [0.1, 0.15) is 38.3 Å². The Labute approximate surface area is 173 Å². The average Bonchev–Trinajstić information content (AvgIpc) is 3.14. The number of hydrogen-bond donors (Lipinski definition) is 3. The number of aryl methyl sites for hydroxylation is 1. The summed E-state index contributed by atoms with van der Waals surface area (Å²) < 4.78 is 16.7. The molecular formula is C21H34N4O4. The lowest BCUT2D eigenvalue weighted by atomic mass is 10.1. The van der Waals surface area contributed by atoms with Gasteiger partial charge in [-0.15, -0.1) is 0 Å². The van der Waals surface area contributed by atoms with Gasteiger partial charge in [-0.05, 0) is 39.3 Å². The highest BCUT2D eigenvalue weighted by Crippen LogP contribution is 2.23. The minimum atomic E-state index is -0.506. The normalized spacial score (nSPS) is 17.0. The van der Waals surface area contributed by atoms with Crippen molar-refractivity contribution in [3.05, 3.63) is 29.3 Å². The van der Waals surface area contributed by atoms with Crippen molar-refractivity contribution in [1.29, 1.82) is 0 Å². The van der Waals surface area contributed by atoms with Crippen molar-refractivity contribution >= 4 is 12.1 Å². The molecule has 1 atom stereocenters. The van der Waals surface area contributed by atoms with E-state index < -0.39 is 11.7 Å². The van der Waals surface area contributed by atoms with Gasteiger partial charge in [0.05, 0.1) is 13.2 Å². The summed E-state index contributed by atoms with van der Waals surface area (Å²) in [6, 6.07) is 6.18. The second-order valence-electron chi connectivity index (χ2n) is 8.00. The van der Waals surface area contributed by atoms with Crippen molar-refractivity contribution in [2.24, 2.45) is 4.99 Å². The molecular weight excluding hydrogens is 372 g/mol. The van der Waals surface area contributed by atoms with E-state index in [0.29, 0.717) is 32.2 Å². The molecule has 1 fully saturated rings. The maximum absolute atomic E-state index is 11.7. The number of aliphatic imine (C=N–C) groups is 1. The van der Waals surface area contributed by atoms with Gasteiger partial charge < -0.3 is 30.2 Å². The van der Waals surface area contributed by atoms with Gasteiger partial charge in [0.2, 0.25) is 0 Å². The quantitative estimate of drug-likeness (QED) is 0.366. The number of guanidine groups is 1. The van der Waals surface area contributed by atoms with Crippen molar-refractivity contribution in [1.82, 2.24) is 16.0 Å². The fourth-order valence-corrected chi connectivity index (χ4v) is 2.76. The molecule has 8 heteroatoms. The van der Waals surface area contributed by atoms with E-state index in [1.54, 1.807) is 7.05 Å². The monoisotopic (exact) mass is 406 g/mol. The van der Waals surface area contributed by atoms with Gasteiger partial charge in [0, 0.05) is 38.7 Å². The number of benzene rings is 1. The number of alkyl carbamates (subject to hydrolysis) is 1. The molecule has 3 N–H and O–H groups in total. The topological polar surface area (TPSA) is 93.2 Å². The van der Waals surface area contributed by atoms with Gasteiger partial charge in [-0.3, -0.25) is 4.99 Å². The lowest BCUT2D eigenvalue weighted by Gasteiger charge is -2.20. The van der Waals surface area contributed by atoms with Gasteiger partial charge in [-0.25, -0.2) is 4.79 Å². The lowest BCUT2D eigenvalue weighted by Crippen LogP contribution is -2.42. The lowest BCUT2D eigenvalue weighted by molar-refractivity contribution is 0.0529. The summed E-state index contributed by atoms with van der Waals surface area (Å²) in [5, 5.41) is 9.16. The van der Waals surface area contributed by atoms with Gasteiger partial charge >= 0.3 is 6.09 Å². The third kappa shape index (κ3) is 8.60. The van der Waals surface area contributed by atoms with Crippen LogP contribution in [0.4, 0.5) is 4.79 Å². The van der Waals surface area contributed by atoms with Crippen molar-refractivity contribution in [3.8, 4) is 5.75 Å². The molecule has 162 valence electrons. The largest absolute Gasteiger partial charge is 0.488 e. The first-order valence-corrected chi connectivity index (χ1v) is 10.0. The van der Waals surface area contributed by atoms with Crippen LogP contribution >= 0.6 is 0 Å². The predicted molar refractivity (Wildman–Crippen MR) is 113 cm³/mol. The highest BCUT2D eigenvalue weighted by Gasteiger charge is 2.19. The number of nitrogens with one attached hydrogen (secondary N) is 3. The third-order valence-electron chi connectivity index (χ3n) is 4.16. The van der Waals surface area contributed by atoms with Crippen LogP contribution in [0, 0.1) is 6.92 Å². The fraction of sp³-hybridized carbons (Fsp3) is 0.619. The molecule has 0 radical (unpaired) electrons. The first-order chi connectivity index (χ1) is 13.8. The Morgan fingerprint density at radius 1 is 1.24 bits per heavy atom. The maximum Gasteiger partial charge on any atom is 0.407 e. The molecule has 8 nitrogen and oxygen atoms in total. The summed E-state index contributed by atoms with van der Waals surface area (Å²) in [7, 11) is 1.71. The molecule has 1 amide bonds. The molecule has 0 spiro atoms. The molecule has 1 aliphatic heterocycles. The van der Waals surface area contributed by atoms with Gasteiger partial charge in [-0.1, -0.05) is 12.1 Å². The van der Waals surface area contributed by atoms with E-state index in [1.165, 1.54) is 0 Å². The molecule has 2 rings (SSSR count). The summed E-state index contributed by atoms with van der Waals surface area (Å²) in [4.78, 5) is 15.9.